The number of anilines is 1. The Labute approximate surface area is 187 Å². The lowest BCUT2D eigenvalue weighted by Crippen LogP contribution is -2.53. The van der Waals surface area contributed by atoms with E-state index in [9.17, 15) is 9.59 Å². The number of aromatic nitrogens is 2. The summed E-state index contributed by atoms with van der Waals surface area (Å²) in [6.07, 6.45) is 5.16. The molecule has 7 heteroatoms. The molecule has 0 saturated carbocycles. The highest BCUT2D eigenvalue weighted by atomic mass is 16.2. The molecular formula is C25H27N5O2. The second-order valence-corrected chi connectivity index (χ2v) is 8.48. The lowest BCUT2D eigenvalue weighted by atomic mass is 9.95. The molecule has 2 aliphatic rings. The molecular weight excluding hydrogens is 402 g/mol. The monoisotopic (exact) mass is 429 g/mol. The Hall–Kier alpha value is -3.48. The summed E-state index contributed by atoms with van der Waals surface area (Å²) in [7, 11) is 0. The average Bonchev–Trinajstić information content (AvgIpc) is 2.88. The van der Waals surface area contributed by atoms with Gasteiger partial charge in [0.25, 0.3) is 5.91 Å². The van der Waals surface area contributed by atoms with Crippen molar-refractivity contribution in [3.8, 4) is 0 Å². The number of benzene rings is 2. The van der Waals surface area contributed by atoms with Crippen LogP contribution in [-0.4, -0.2) is 70.9 Å². The van der Waals surface area contributed by atoms with Gasteiger partial charge in [0.1, 0.15) is 0 Å². The highest BCUT2D eigenvalue weighted by Crippen LogP contribution is 2.25. The molecule has 0 spiro atoms. The van der Waals surface area contributed by atoms with Gasteiger partial charge in [-0.05, 0) is 35.7 Å². The van der Waals surface area contributed by atoms with Crippen molar-refractivity contribution in [2.24, 2.45) is 5.92 Å². The first-order valence-electron chi connectivity index (χ1n) is 11.3. The molecule has 2 saturated heterocycles. The average molecular weight is 430 g/mol. The van der Waals surface area contributed by atoms with Crippen LogP contribution in [0, 0.1) is 5.92 Å². The number of piperazine rings is 1. The van der Waals surface area contributed by atoms with Crippen molar-refractivity contribution in [2.45, 2.75) is 12.8 Å². The molecule has 2 amide bonds. The van der Waals surface area contributed by atoms with Crippen molar-refractivity contribution in [3.63, 3.8) is 0 Å². The van der Waals surface area contributed by atoms with Gasteiger partial charge in [-0.25, -0.2) is 9.97 Å². The highest BCUT2D eigenvalue weighted by molar-refractivity contribution is 6.07. The summed E-state index contributed by atoms with van der Waals surface area (Å²) in [6, 6.07) is 15.6. The standard InChI is InChI=1S/C25H27N5O2/c31-23(28-14-16-29(17-15-28)25-26-11-5-12-27-25)20-8-4-13-30(18-20)24(32)22-10-3-7-19-6-1-2-9-21(19)22/h1-3,5-7,9-12,20H,4,8,13-18H2/t20-/m1/s1. The van der Waals surface area contributed by atoms with Crippen molar-refractivity contribution >= 4 is 28.5 Å². The molecule has 32 heavy (non-hydrogen) atoms. The predicted molar refractivity (Wildman–Crippen MR) is 123 cm³/mol. The minimum Gasteiger partial charge on any atom is -0.339 e. The van der Waals surface area contributed by atoms with E-state index in [4.69, 9.17) is 0 Å². The molecule has 2 aromatic carbocycles. The largest absolute Gasteiger partial charge is 0.339 e. The van der Waals surface area contributed by atoms with Crippen LogP contribution < -0.4 is 4.90 Å². The van der Waals surface area contributed by atoms with Gasteiger partial charge < -0.3 is 14.7 Å². The number of carbonyl (C=O) groups excluding carboxylic acids is 2. The van der Waals surface area contributed by atoms with Crippen LogP contribution in [0.1, 0.15) is 23.2 Å². The Morgan fingerprint density at radius 1 is 0.812 bits per heavy atom. The molecule has 3 aromatic rings. The van der Waals surface area contributed by atoms with Crippen LogP contribution in [0.15, 0.2) is 60.9 Å². The fourth-order valence-electron chi connectivity index (χ4n) is 4.78. The summed E-state index contributed by atoms with van der Waals surface area (Å²) in [5.74, 6) is 0.755. The lowest BCUT2D eigenvalue weighted by molar-refractivity contribution is -0.137. The Balaban J connectivity index is 1.24. The first kappa shape index (κ1) is 20.4. The summed E-state index contributed by atoms with van der Waals surface area (Å²) in [5.41, 5.74) is 0.715. The van der Waals surface area contributed by atoms with Gasteiger partial charge in [0.2, 0.25) is 11.9 Å². The Morgan fingerprint density at radius 2 is 1.56 bits per heavy atom. The van der Waals surface area contributed by atoms with Crippen LogP contribution >= 0.6 is 0 Å². The fraction of sp³-hybridized carbons (Fsp3) is 0.360. The molecule has 7 nitrogen and oxygen atoms in total. The second kappa shape index (κ2) is 8.94. The summed E-state index contributed by atoms with van der Waals surface area (Å²) in [6.45, 7) is 3.95. The van der Waals surface area contributed by atoms with E-state index < -0.39 is 0 Å². The normalized spacial score (nSPS) is 19.2. The maximum absolute atomic E-state index is 13.3. The van der Waals surface area contributed by atoms with Crippen LogP contribution in [-0.2, 0) is 4.79 Å². The summed E-state index contributed by atoms with van der Waals surface area (Å²) < 4.78 is 0. The number of rotatable bonds is 3. The molecule has 0 bridgehead atoms. The van der Waals surface area contributed by atoms with Crippen molar-refractivity contribution < 1.29 is 9.59 Å². The number of likely N-dealkylation sites (tertiary alicyclic amines) is 1. The molecule has 2 fully saturated rings. The van der Waals surface area contributed by atoms with Crippen LogP contribution in [0.3, 0.4) is 0 Å². The van der Waals surface area contributed by atoms with Crippen LogP contribution in [0.4, 0.5) is 5.95 Å². The van der Waals surface area contributed by atoms with Gasteiger partial charge in [0, 0.05) is 57.2 Å². The van der Waals surface area contributed by atoms with Gasteiger partial charge in [0.05, 0.1) is 5.92 Å². The number of carbonyl (C=O) groups is 2. The van der Waals surface area contributed by atoms with Gasteiger partial charge >= 0.3 is 0 Å². The summed E-state index contributed by atoms with van der Waals surface area (Å²) >= 11 is 0. The molecule has 3 heterocycles. The van der Waals surface area contributed by atoms with Gasteiger partial charge in [-0.2, -0.15) is 0 Å². The Kier molecular flexibility index (Phi) is 5.71. The molecule has 164 valence electrons. The van der Waals surface area contributed by atoms with E-state index >= 15 is 0 Å². The number of amides is 2. The molecule has 1 aromatic heterocycles. The number of piperidine rings is 1. The number of nitrogens with zero attached hydrogens (tertiary/aromatic N) is 5. The van der Waals surface area contributed by atoms with Gasteiger partial charge in [-0.3, -0.25) is 9.59 Å². The SMILES string of the molecule is O=C(c1cccc2ccccc12)N1CCC[C@@H](C(=O)N2CCN(c3ncccn3)CC2)C1. The first-order valence-corrected chi connectivity index (χ1v) is 11.3. The summed E-state index contributed by atoms with van der Waals surface area (Å²) in [5, 5.41) is 2.02. The van der Waals surface area contributed by atoms with E-state index in [0.717, 1.165) is 36.7 Å². The number of hydrogen-bond donors (Lipinski definition) is 0. The number of hydrogen-bond acceptors (Lipinski definition) is 5. The lowest BCUT2D eigenvalue weighted by Gasteiger charge is -2.39. The molecule has 0 N–H and O–H groups in total. The van der Waals surface area contributed by atoms with E-state index in [2.05, 4.69) is 14.9 Å². The van der Waals surface area contributed by atoms with E-state index in [1.807, 2.05) is 52.3 Å². The third-order valence-corrected chi connectivity index (χ3v) is 6.50. The van der Waals surface area contributed by atoms with E-state index in [1.54, 1.807) is 18.5 Å². The van der Waals surface area contributed by atoms with E-state index in [-0.39, 0.29) is 17.7 Å². The minimum atomic E-state index is -0.137. The van der Waals surface area contributed by atoms with Crippen molar-refractivity contribution in [3.05, 3.63) is 66.5 Å². The Bertz CT molecular complexity index is 1110. The van der Waals surface area contributed by atoms with Crippen molar-refractivity contribution in [1.82, 2.24) is 19.8 Å². The van der Waals surface area contributed by atoms with Crippen LogP contribution in [0.2, 0.25) is 0 Å². The van der Waals surface area contributed by atoms with Gasteiger partial charge in [-0.1, -0.05) is 36.4 Å². The smallest absolute Gasteiger partial charge is 0.254 e. The summed E-state index contributed by atoms with van der Waals surface area (Å²) in [4.78, 5) is 41.1. The highest BCUT2D eigenvalue weighted by Gasteiger charge is 2.33. The van der Waals surface area contributed by atoms with Gasteiger partial charge in [-0.15, -0.1) is 0 Å². The van der Waals surface area contributed by atoms with Gasteiger partial charge in [0.15, 0.2) is 0 Å². The van der Waals surface area contributed by atoms with E-state index in [0.29, 0.717) is 37.7 Å². The molecule has 2 aliphatic heterocycles. The molecule has 0 aliphatic carbocycles. The van der Waals surface area contributed by atoms with Crippen molar-refractivity contribution in [2.75, 3.05) is 44.2 Å². The third-order valence-electron chi connectivity index (χ3n) is 6.50. The Morgan fingerprint density at radius 3 is 2.38 bits per heavy atom. The first-order chi connectivity index (χ1) is 15.7. The maximum Gasteiger partial charge on any atom is 0.254 e. The quantitative estimate of drug-likeness (QED) is 0.640. The zero-order valence-electron chi connectivity index (χ0n) is 18.1. The van der Waals surface area contributed by atoms with Crippen molar-refractivity contribution in [1.29, 1.82) is 0 Å². The molecule has 0 radical (unpaired) electrons. The number of fused-ring (bicyclic) bond motifs is 1. The zero-order chi connectivity index (χ0) is 21.9. The second-order valence-electron chi connectivity index (χ2n) is 8.48. The maximum atomic E-state index is 13.3. The molecule has 5 rings (SSSR count). The van der Waals surface area contributed by atoms with Crippen LogP contribution in [0.5, 0.6) is 0 Å². The van der Waals surface area contributed by atoms with Crippen LogP contribution in [0.25, 0.3) is 10.8 Å². The predicted octanol–water partition coefficient (Wildman–Crippen LogP) is 2.83. The zero-order valence-corrected chi connectivity index (χ0v) is 18.1. The molecule has 1 atom stereocenters. The minimum absolute atomic E-state index is 0.0188. The molecule has 0 unspecified atom stereocenters. The fourth-order valence-corrected chi connectivity index (χ4v) is 4.78. The topological polar surface area (TPSA) is 69.6 Å². The van der Waals surface area contributed by atoms with E-state index in [1.165, 1.54) is 0 Å². The third kappa shape index (κ3) is 4.02.